The molecule has 29 heavy (non-hydrogen) atoms. The van der Waals surface area contributed by atoms with Gasteiger partial charge < -0.3 is 16.0 Å². The van der Waals surface area contributed by atoms with Gasteiger partial charge in [-0.05, 0) is 49.1 Å². The summed E-state index contributed by atoms with van der Waals surface area (Å²) in [5.41, 5.74) is 6.92. The largest absolute Gasteiger partial charge is 0.366 e. The van der Waals surface area contributed by atoms with E-state index in [0.29, 0.717) is 37.1 Å². The molecule has 3 amide bonds. The second kappa shape index (κ2) is 8.81. The van der Waals surface area contributed by atoms with Crippen LogP contribution in [0.2, 0.25) is 0 Å². The maximum atomic E-state index is 13.6. The molecule has 0 unspecified atom stereocenters. The van der Waals surface area contributed by atoms with Crippen LogP contribution < -0.4 is 11.1 Å². The first kappa shape index (κ1) is 20.4. The Kier molecular flexibility index (Phi) is 6.21. The van der Waals surface area contributed by atoms with E-state index >= 15 is 0 Å². The molecule has 3 rings (SSSR count). The number of pyridine rings is 1. The fourth-order valence-electron chi connectivity index (χ4n) is 3.25. The minimum absolute atomic E-state index is 0.0954. The van der Waals surface area contributed by atoms with Crippen molar-refractivity contribution in [3.63, 3.8) is 0 Å². The Morgan fingerprint density at radius 1 is 1.21 bits per heavy atom. The van der Waals surface area contributed by atoms with Gasteiger partial charge >= 0.3 is 0 Å². The third kappa shape index (κ3) is 4.96. The summed E-state index contributed by atoms with van der Waals surface area (Å²) in [5, 5.41) is 2.84. The number of nitrogens with one attached hydrogen (secondary N) is 1. The molecule has 1 aliphatic rings. The van der Waals surface area contributed by atoms with E-state index in [-0.39, 0.29) is 41.4 Å². The molecule has 0 atom stereocenters. The van der Waals surface area contributed by atoms with E-state index in [4.69, 9.17) is 5.73 Å². The van der Waals surface area contributed by atoms with Crippen molar-refractivity contribution in [2.75, 3.05) is 13.1 Å². The Labute approximate surface area is 168 Å². The molecule has 0 aliphatic carbocycles. The number of nitrogens with zero attached hydrogens (tertiary/aromatic N) is 2. The molecule has 0 bridgehead atoms. The molecule has 0 saturated carbocycles. The van der Waals surface area contributed by atoms with E-state index in [1.165, 1.54) is 24.4 Å². The Bertz CT molecular complexity index is 922. The van der Waals surface area contributed by atoms with Crippen LogP contribution in [0.5, 0.6) is 0 Å². The monoisotopic (exact) mass is 398 g/mol. The number of likely N-dealkylation sites (tertiary alicyclic amines) is 1. The summed E-state index contributed by atoms with van der Waals surface area (Å²) < 4.78 is 13.6. The number of hydrogen-bond acceptors (Lipinski definition) is 4. The number of primary amides is 1. The van der Waals surface area contributed by atoms with Crippen LogP contribution in [0.3, 0.4) is 0 Å². The van der Waals surface area contributed by atoms with Gasteiger partial charge in [0.2, 0.25) is 11.8 Å². The van der Waals surface area contributed by atoms with Crippen molar-refractivity contribution >= 4 is 17.7 Å². The van der Waals surface area contributed by atoms with Crippen molar-refractivity contribution in [1.82, 2.24) is 15.2 Å². The van der Waals surface area contributed by atoms with Crippen LogP contribution in [-0.2, 0) is 11.3 Å². The average molecular weight is 398 g/mol. The van der Waals surface area contributed by atoms with E-state index in [1.807, 2.05) is 0 Å². The number of hydrogen-bond donors (Lipinski definition) is 2. The van der Waals surface area contributed by atoms with Gasteiger partial charge in [0, 0.05) is 31.7 Å². The highest BCUT2D eigenvalue weighted by Gasteiger charge is 2.28. The Morgan fingerprint density at radius 2 is 1.93 bits per heavy atom. The lowest BCUT2D eigenvalue weighted by Gasteiger charge is -2.31. The Morgan fingerprint density at radius 3 is 2.52 bits per heavy atom. The van der Waals surface area contributed by atoms with Crippen molar-refractivity contribution < 1.29 is 18.8 Å². The van der Waals surface area contributed by atoms with Crippen LogP contribution in [0.25, 0.3) is 0 Å². The highest BCUT2D eigenvalue weighted by atomic mass is 19.1. The summed E-state index contributed by atoms with van der Waals surface area (Å²) in [4.78, 5) is 41.7. The van der Waals surface area contributed by atoms with Gasteiger partial charge in [0.1, 0.15) is 11.5 Å². The van der Waals surface area contributed by atoms with E-state index in [9.17, 15) is 18.8 Å². The first-order valence-corrected chi connectivity index (χ1v) is 9.43. The molecule has 3 N–H and O–H groups in total. The molecular formula is C21H23FN4O3. The number of amides is 3. The zero-order chi connectivity index (χ0) is 21.0. The summed E-state index contributed by atoms with van der Waals surface area (Å²) in [6.45, 7) is 2.84. The van der Waals surface area contributed by atoms with Crippen LogP contribution in [0.4, 0.5) is 4.39 Å². The van der Waals surface area contributed by atoms with E-state index in [1.54, 1.807) is 24.0 Å². The highest BCUT2D eigenvalue weighted by molar-refractivity contribution is 5.95. The second-order valence-electron chi connectivity index (χ2n) is 7.16. The predicted octanol–water partition coefficient (Wildman–Crippen LogP) is 1.80. The smallest absolute Gasteiger partial charge is 0.272 e. The SMILES string of the molecule is Cc1ccc(CNC(=O)C2CCN(C(=O)c3ccc(C(N)=O)cn3)CC2)cc1F. The number of aryl methyl sites for hydroxylation is 1. The van der Waals surface area contributed by atoms with Gasteiger partial charge in [-0.1, -0.05) is 12.1 Å². The molecule has 1 aliphatic heterocycles. The van der Waals surface area contributed by atoms with Gasteiger partial charge in [-0.25, -0.2) is 4.39 Å². The number of benzene rings is 1. The predicted molar refractivity (Wildman–Crippen MR) is 104 cm³/mol. The zero-order valence-electron chi connectivity index (χ0n) is 16.2. The molecule has 2 heterocycles. The average Bonchev–Trinajstić information content (AvgIpc) is 2.74. The van der Waals surface area contributed by atoms with Gasteiger partial charge in [-0.15, -0.1) is 0 Å². The summed E-state index contributed by atoms with van der Waals surface area (Å²) >= 11 is 0. The lowest BCUT2D eigenvalue weighted by atomic mass is 9.95. The van der Waals surface area contributed by atoms with E-state index in [0.717, 1.165) is 0 Å². The number of halogens is 1. The fourth-order valence-corrected chi connectivity index (χ4v) is 3.25. The van der Waals surface area contributed by atoms with E-state index < -0.39 is 5.91 Å². The van der Waals surface area contributed by atoms with Crippen LogP contribution in [-0.4, -0.2) is 40.7 Å². The molecule has 1 fully saturated rings. The number of carbonyl (C=O) groups is 3. The van der Waals surface area contributed by atoms with Gasteiger partial charge in [-0.3, -0.25) is 19.4 Å². The molecule has 7 nitrogen and oxygen atoms in total. The molecule has 2 aromatic rings. The van der Waals surface area contributed by atoms with E-state index in [2.05, 4.69) is 10.3 Å². The van der Waals surface area contributed by atoms with Crippen molar-refractivity contribution in [3.05, 3.63) is 64.7 Å². The van der Waals surface area contributed by atoms with Crippen molar-refractivity contribution in [2.45, 2.75) is 26.3 Å². The summed E-state index contributed by atoms with van der Waals surface area (Å²) in [7, 11) is 0. The topological polar surface area (TPSA) is 105 Å². The quantitative estimate of drug-likeness (QED) is 0.801. The maximum Gasteiger partial charge on any atom is 0.272 e. The molecular weight excluding hydrogens is 375 g/mol. The molecule has 0 radical (unpaired) electrons. The third-order valence-corrected chi connectivity index (χ3v) is 5.12. The Balaban J connectivity index is 1.50. The van der Waals surface area contributed by atoms with Gasteiger partial charge in [0.05, 0.1) is 5.56 Å². The first-order chi connectivity index (χ1) is 13.8. The van der Waals surface area contributed by atoms with Gasteiger partial charge in [0.15, 0.2) is 0 Å². The minimum atomic E-state index is -0.600. The van der Waals surface area contributed by atoms with Crippen molar-refractivity contribution in [2.24, 2.45) is 11.7 Å². The molecule has 8 heteroatoms. The lowest BCUT2D eigenvalue weighted by molar-refractivity contribution is -0.126. The fraction of sp³-hybridized carbons (Fsp3) is 0.333. The second-order valence-corrected chi connectivity index (χ2v) is 7.16. The number of nitrogens with two attached hydrogens (primary N) is 1. The molecule has 152 valence electrons. The zero-order valence-corrected chi connectivity index (χ0v) is 16.2. The number of carbonyl (C=O) groups excluding carboxylic acids is 3. The van der Waals surface area contributed by atoms with Crippen LogP contribution in [0, 0.1) is 18.7 Å². The lowest BCUT2D eigenvalue weighted by Crippen LogP contribution is -2.43. The maximum absolute atomic E-state index is 13.6. The van der Waals surface area contributed by atoms with Crippen molar-refractivity contribution in [3.8, 4) is 0 Å². The Hall–Kier alpha value is -3.29. The molecule has 1 saturated heterocycles. The van der Waals surface area contributed by atoms with Gasteiger partial charge in [0.25, 0.3) is 5.91 Å². The summed E-state index contributed by atoms with van der Waals surface area (Å²) in [5.74, 6) is -1.42. The summed E-state index contributed by atoms with van der Waals surface area (Å²) in [6.07, 6.45) is 2.36. The first-order valence-electron chi connectivity index (χ1n) is 9.43. The summed E-state index contributed by atoms with van der Waals surface area (Å²) in [6, 6.07) is 7.84. The van der Waals surface area contributed by atoms with Crippen LogP contribution >= 0.6 is 0 Å². The minimum Gasteiger partial charge on any atom is -0.366 e. The van der Waals surface area contributed by atoms with Crippen LogP contribution in [0.1, 0.15) is 44.8 Å². The van der Waals surface area contributed by atoms with Crippen LogP contribution in [0.15, 0.2) is 36.5 Å². The number of piperidine rings is 1. The highest BCUT2D eigenvalue weighted by Crippen LogP contribution is 2.19. The van der Waals surface area contributed by atoms with Gasteiger partial charge in [-0.2, -0.15) is 0 Å². The number of aromatic nitrogens is 1. The number of rotatable bonds is 5. The molecule has 1 aromatic heterocycles. The van der Waals surface area contributed by atoms with Crippen molar-refractivity contribution in [1.29, 1.82) is 0 Å². The molecule has 1 aromatic carbocycles. The normalized spacial score (nSPS) is 14.5. The third-order valence-electron chi connectivity index (χ3n) is 5.12. The standard InChI is InChI=1S/C21H23FN4O3/c1-13-2-3-14(10-17(13)22)11-25-20(28)15-6-8-26(9-7-15)21(29)18-5-4-16(12-24-18)19(23)27/h2-5,10,12,15H,6-9,11H2,1H3,(H2,23,27)(H,25,28). The molecule has 0 spiro atoms.